The van der Waals surface area contributed by atoms with Crippen molar-refractivity contribution in [3.63, 3.8) is 0 Å². The summed E-state index contributed by atoms with van der Waals surface area (Å²) in [4.78, 5) is 22.8. The van der Waals surface area contributed by atoms with Crippen LogP contribution in [0.25, 0.3) is 0 Å². The van der Waals surface area contributed by atoms with Crippen LogP contribution in [0.15, 0.2) is 30.6 Å². The Kier molecular flexibility index (Phi) is 7.38. The summed E-state index contributed by atoms with van der Waals surface area (Å²) < 4.78 is 0. The van der Waals surface area contributed by atoms with Gasteiger partial charge in [0.2, 0.25) is 5.95 Å². The van der Waals surface area contributed by atoms with Gasteiger partial charge in [-0.15, -0.1) is 0 Å². The van der Waals surface area contributed by atoms with E-state index < -0.39 is 0 Å². The number of aromatic nitrogens is 2. The topological polar surface area (TPSA) is 70.2 Å². The summed E-state index contributed by atoms with van der Waals surface area (Å²) in [5, 5.41) is 6.08. The van der Waals surface area contributed by atoms with E-state index in [-0.39, 0.29) is 5.91 Å². The molecule has 0 unspecified atom stereocenters. The molecule has 0 bridgehead atoms. The predicted molar refractivity (Wildman–Crippen MR) is 107 cm³/mol. The molecule has 1 aromatic heterocycles. The molecule has 6 nitrogen and oxygen atoms in total. The highest BCUT2D eigenvalue weighted by atomic mass is 16.1. The third-order valence-corrected chi connectivity index (χ3v) is 4.31. The van der Waals surface area contributed by atoms with Crippen LogP contribution in [-0.2, 0) is 0 Å². The minimum atomic E-state index is -0.134. The Balaban J connectivity index is 2.03. The Bertz CT molecular complexity index is 711. The normalized spacial score (nSPS) is 10.5. The third-order valence-electron chi connectivity index (χ3n) is 4.31. The smallest absolute Gasteiger partial charge is 0.254 e. The fourth-order valence-electron chi connectivity index (χ4n) is 2.68. The number of rotatable bonds is 9. The van der Waals surface area contributed by atoms with E-state index in [1.54, 1.807) is 12.4 Å². The molecule has 26 heavy (non-hydrogen) atoms. The van der Waals surface area contributed by atoms with Crippen molar-refractivity contribution in [3.8, 4) is 0 Å². The molecule has 140 valence electrons. The molecular formula is C20H29N5O. The lowest BCUT2D eigenvalue weighted by atomic mass is 10.1. The van der Waals surface area contributed by atoms with Crippen LogP contribution in [0.4, 0.5) is 17.3 Å². The second-order valence-corrected chi connectivity index (χ2v) is 6.20. The van der Waals surface area contributed by atoms with Gasteiger partial charge in [0.25, 0.3) is 5.91 Å². The molecule has 0 saturated carbocycles. The van der Waals surface area contributed by atoms with E-state index in [9.17, 15) is 4.79 Å². The number of anilines is 3. The Labute approximate surface area is 156 Å². The van der Waals surface area contributed by atoms with Crippen molar-refractivity contribution in [3.05, 3.63) is 41.7 Å². The zero-order chi connectivity index (χ0) is 18.9. The molecule has 0 aliphatic rings. The number of hydrogen-bond donors (Lipinski definition) is 2. The summed E-state index contributed by atoms with van der Waals surface area (Å²) >= 11 is 0. The highest BCUT2D eigenvalue weighted by molar-refractivity contribution is 5.93. The Morgan fingerprint density at radius 2 is 1.81 bits per heavy atom. The van der Waals surface area contributed by atoms with E-state index in [0.29, 0.717) is 18.1 Å². The number of unbranched alkanes of at least 4 members (excludes halogenated alkanes) is 1. The zero-order valence-electron chi connectivity index (χ0n) is 16.2. The van der Waals surface area contributed by atoms with Gasteiger partial charge in [-0.25, -0.2) is 9.97 Å². The summed E-state index contributed by atoms with van der Waals surface area (Å²) in [5.74, 6) is 0.346. The molecule has 1 heterocycles. The van der Waals surface area contributed by atoms with Gasteiger partial charge in [-0.05, 0) is 51.0 Å². The van der Waals surface area contributed by atoms with Gasteiger partial charge >= 0.3 is 0 Å². The second-order valence-electron chi connectivity index (χ2n) is 6.20. The SMILES string of the molecule is CCCCNC(=O)c1cnc(Nc2ccc(N(CC)CC)cc2C)nc1. The number of carbonyl (C=O) groups is 1. The fraction of sp³-hybridized carbons (Fsp3) is 0.450. The summed E-state index contributed by atoms with van der Waals surface area (Å²) in [6.07, 6.45) is 5.12. The Morgan fingerprint density at radius 3 is 2.38 bits per heavy atom. The van der Waals surface area contributed by atoms with Crippen LogP contribution < -0.4 is 15.5 Å². The number of nitrogens with one attached hydrogen (secondary N) is 2. The van der Waals surface area contributed by atoms with Crippen LogP contribution in [0, 0.1) is 6.92 Å². The number of benzene rings is 1. The van der Waals surface area contributed by atoms with Crippen LogP contribution in [0.2, 0.25) is 0 Å². The fourth-order valence-corrected chi connectivity index (χ4v) is 2.68. The number of carbonyl (C=O) groups excluding carboxylic acids is 1. The van der Waals surface area contributed by atoms with Crippen molar-refractivity contribution in [2.45, 2.75) is 40.5 Å². The van der Waals surface area contributed by atoms with Crippen LogP contribution in [0.3, 0.4) is 0 Å². The molecule has 2 aromatic rings. The molecule has 0 fully saturated rings. The molecule has 0 atom stereocenters. The van der Waals surface area contributed by atoms with Crippen molar-refractivity contribution in [2.75, 3.05) is 29.9 Å². The number of amides is 1. The number of nitrogens with zero attached hydrogens (tertiary/aromatic N) is 3. The Morgan fingerprint density at radius 1 is 1.12 bits per heavy atom. The molecule has 0 radical (unpaired) electrons. The summed E-state index contributed by atoms with van der Waals surface area (Å²) in [6.45, 7) is 11.1. The molecular weight excluding hydrogens is 326 g/mol. The summed E-state index contributed by atoms with van der Waals surface area (Å²) in [6, 6.07) is 6.29. The second kappa shape index (κ2) is 9.75. The molecule has 2 rings (SSSR count). The van der Waals surface area contributed by atoms with Gasteiger partial charge < -0.3 is 15.5 Å². The molecule has 0 aliphatic heterocycles. The van der Waals surface area contributed by atoms with Gasteiger partial charge in [0.1, 0.15) is 0 Å². The first kappa shape index (κ1) is 19.7. The molecule has 2 N–H and O–H groups in total. The van der Waals surface area contributed by atoms with Crippen molar-refractivity contribution >= 4 is 23.2 Å². The van der Waals surface area contributed by atoms with Gasteiger partial charge in [0, 0.05) is 43.4 Å². The van der Waals surface area contributed by atoms with Crippen LogP contribution in [-0.4, -0.2) is 35.5 Å². The highest BCUT2D eigenvalue weighted by Gasteiger charge is 2.08. The van der Waals surface area contributed by atoms with Crippen LogP contribution >= 0.6 is 0 Å². The van der Waals surface area contributed by atoms with Gasteiger partial charge in [0.05, 0.1) is 5.56 Å². The van der Waals surface area contributed by atoms with Gasteiger partial charge in [-0.2, -0.15) is 0 Å². The first-order valence-corrected chi connectivity index (χ1v) is 9.31. The van der Waals surface area contributed by atoms with Crippen LogP contribution in [0.1, 0.15) is 49.5 Å². The van der Waals surface area contributed by atoms with E-state index in [4.69, 9.17) is 0 Å². The van der Waals surface area contributed by atoms with Crippen molar-refractivity contribution in [1.29, 1.82) is 0 Å². The average molecular weight is 355 g/mol. The van der Waals surface area contributed by atoms with E-state index >= 15 is 0 Å². The zero-order valence-corrected chi connectivity index (χ0v) is 16.2. The van der Waals surface area contributed by atoms with E-state index in [1.807, 2.05) is 6.07 Å². The largest absolute Gasteiger partial charge is 0.372 e. The van der Waals surface area contributed by atoms with E-state index in [0.717, 1.165) is 37.2 Å². The minimum absolute atomic E-state index is 0.134. The quantitative estimate of drug-likeness (QED) is 0.668. The first-order valence-electron chi connectivity index (χ1n) is 9.31. The maximum Gasteiger partial charge on any atom is 0.254 e. The maximum atomic E-state index is 12.0. The average Bonchev–Trinajstić information content (AvgIpc) is 2.65. The lowest BCUT2D eigenvalue weighted by molar-refractivity contribution is 0.0952. The summed E-state index contributed by atoms with van der Waals surface area (Å²) in [7, 11) is 0. The number of hydrogen-bond acceptors (Lipinski definition) is 5. The predicted octanol–water partition coefficient (Wildman–Crippen LogP) is 3.90. The molecule has 0 spiro atoms. The minimum Gasteiger partial charge on any atom is -0.372 e. The lowest BCUT2D eigenvalue weighted by Crippen LogP contribution is -2.24. The number of aryl methyl sites for hydroxylation is 1. The van der Waals surface area contributed by atoms with Gasteiger partial charge in [-0.3, -0.25) is 4.79 Å². The van der Waals surface area contributed by atoms with Crippen molar-refractivity contribution in [2.24, 2.45) is 0 Å². The third kappa shape index (κ3) is 5.18. The van der Waals surface area contributed by atoms with Crippen molar-refractivity contribution < 1.29 is 4.79 Å². The standard InChI is InChI=1S/C20H29N5O/c1-5-8-11-21-19(26)16-13-22-20(23-14-16)24-18-10-9-17(12-15(18)4)25(6-2)7-3/h9-10,12-14H,5-8,11H2,1-4H3,(H,21,26)(H,22,23,24). The molecule has 0 saturated heterocycles. The molecule has 1 amide bonds. The lowest BCUT2D eigenvalue weighted by Gasteiger charge is -2.22. The van der Waals surface area contributed by atoms with Gasteiger partial charge in [-0.1, -0.05) is 13.3 Å². The Hall–Kier alpha value is -2.63. The molecule has 6 heteroatoms. The van der Waals surface area contributed by atoms with Gasteiger partial charge in [0.15, 0.2) is 0 Å². The summed E-state index contributed by atoms with van der Waals surface area (Å²) in [5.41, 5.74) is 3.76. The van der Waals surface area contributed by atoms with Crippen molar-refractivity contribution in [1.82, 2.24) is 15.3 Å². The molecule has 1 aromatic carbocycles. The maximum absolute atomic E-state index is 12.0. The highest BCUT2D eigenvalue weighted by Crippen LogP contribution is 2.24. The van der Waals surface area contributed by atoms with E-state index in [1.165, 1.54) is 5.69 Å². The van der Waals surface area contributed by atoms with Crippen LogP contribution in [0.5, 0.6) is 0 Å². The monoisotopic (exact) mass is 355 g/mol. The molecule has 0 aliphatic carbocycles. The first-order chi connectivity index (χ1) is 12.6. The van der Waals surface area contributed by atoms with E-state index in [2.05, 4.69) is 65.3 Å².